The molecule has 10 heteroatoms. The normalized spacial score (nSPS) is 10.5. The van der Waals surface area contributed by atoms with Gasteiger partial charge in [0.05, 0.1) is 17.7 Å². The highest BCUT2D eigenvalue weighted by Crippen LogP contribution is 2.41. The number of phenolic OH excluding ortho intramolecular Hbond substituents is 2. The van der Waals surface area contributed by atoms with Gasteiger partial charge in [-0.05, 0) is 30.3 Å². The van der Waals surface area contributed by atoms with Gasteiger partial charge in [0.25, 0.3) is 5.91 Å². The molecule has 0 atom stereocenters. The average Bonchev–Trinajstić information content (AvgIpc) is 3.08. The van der Waals surface area contributed by atoms with Gasteiger partial charge in [0.1, 0.15) is 22.9 Å². The maximum atomic E-state index is 12.5. The molecule has 0 bridgehead atoms. The van der Waals surface area contributed by atoms with E-state index < -0.39 is 23.3 Å². The van der Waals surface area contributed by atoms with Crippen LogP contribution in [0.5, 0.6) is 17.2 Å². The molecule has 1 aromatic heterocycles. The number of nitrogens with zero attached hydrogens (tertiary/aromatic N) is 1. The number of carboxylic acid groups (broad SMARTS) is 1. The predicted molar refractivity (Wildman–Crippen MR) is 98.2 cm³/mol. The lowest BCUT2D eigenvalue weighted by Crippen LogP contribution is -2.14. The van der Waals surface area contributed by atoms with E-state index >= 15 is 0 Å². The summed E-state index contributed by atoms with van der Waals surface area (Å²) in [5.74, 6) is -2.63. The third-order valence-electron chi connectivity index (χ3n) is 3.80. The number of carbonyl (C=O) groups is 2. The second kappa shape index (κ2) is 7.49. The monoisotopic (exact) mass is 404 g/mol. The van der Waals surface area contributed by atoms with Gasteiger partial charge in [-0.15, -0.1) is 0 Å². The van der Waals surface area contributed by atoms with E-state index in [1.807, 2.05) is 0 Å². The summed E-state index contributed by atoms with van der Waals surface area (Å²) in [4.78, 5) is 24.0. The summed E-state index contributed by atoms with van der Waals surface area (Å²) < 4.78 is 10.0. The lowest BCUT2D eigenvalue weighted by Gasteiger charge is -2.08. The molecule has 0 radical (unpaired) electrons. The standard InChI is InChI=1S/C18H13ClN2O7/c1-27-9-4-2-8(3-5-9)17(24)20-14-15(18(25)26)21-28-16(14)10-6-11(19)13(23)7-12(10)22/h2-7,22-23H,1H3,(H,20,24)(H,25,26). The quantitative estimate of drug-likeness (QED) is 0.507. The highest BCUT2D eigenvalue weighted by atomic mass is 35.5. The number of nitrogens with one attached hydrogen (secondary N) is 1. The minimum Gasteiger partial charge on any atom is -0.507 e. The zero-order chi connectivity index (χ0) is 20.4. The van der Waals surface area contributed by atoms with Gasteiger partial charge in [0, 0.05) is 11.6 Å². The molecular formula is C18H13ClN2O7. The van der Waals surface area contributed by atoms with Gasteiger partial charge < -0.3 is 29.9 Å². The fourth-order valence-electron chi connectivity index (χ4n) is 2.40. The highest BCUT2D eigenvalue weighted by molar-refractivity contribution is 6.32. The Morgan fingerprint density at radius 1 is 1.14 bits per heavy atom. The van der Waals surface area contributed by atoms with Gasteiger partial charge in [-0.2, -0.15) is 0 Å². The van der Waals surface area contributed by atoms with E-state index in [-0.39, 0.29) is 33.3 Å². The first kappa shape index (κ1) is 19.1. The molecule has 0 aliphatic carbocycles. The van der Waals surface area contributed by atoms with E-state index in [1.54, 1.807) is 12.1 Å². The summed E-state index contributed by atoms with van der Waals surface area (Å²) in [5.41, 5.74) is -0.684. The molecule has 0 aliphatic rings. The molecule has 2 aromatic carbocycles. The fourth-order valence-corrected chi connectivity index (χ4v) is 2.56. The summed E-state index contributed by atoms with van der Waals surface area (Å²) in [6.45, 7) is 0. The predicted octanol–water partition coefficient (Wildman–Crippen LogP) is 3.37. The lowest BCUT2D eigenvalue weighted by molar-refractivity contribution is 0.0687. The van der Waals surface area contributed by atoms with Crippen molar-refractivity contribution >= 4 is 29.2 Å². The summed E-state index contributed by atoms with van der Waals surface area (Å²) in [6.07, 6.45) is 0. The summed E-state index contributed by atoms with van der Waals surface area (Å²) >= 11 is 5.85. The Balaban J connectivity index is 2.04. The Labute approximate surface area is 162 Å². The SMILES string of the molecule is COc1ccc(C(=O)Nc2c(C(=O)O)noc2-c2cc(Cl)c(O)cc2O)cc1. The number of benzene rings is 2. The first-order chi connectivity index (χ1) is 13.3. The minimum atomic E-state index is -1.45. The Bertz CT molecular complexity index is 1060. The average molecular weight is 405 g/mol. The van der Waals surface area contributed by atoms with E-state index in [4.69, 9.17) is 20.9 Å². The summed E-state index contributed by atoms with van der Waals surface area (Å²) in [6, 6.07) is 8.20. The third-order valence-corrected chi connectivity index (χ3v) is 4.10. The number of aromatic nitrogens is 1. The Morgan fingerprint density at radius 3 is 2.43 bits per heavy atom. The molecule has 4 N–H and O–H groups in total. The zero-order valence-corrected chi connectivity index (χ0v) is 15.0. The number of carboxylic acids is 1. The van der Waals surface area contributed by atoms with Crippen molar-refractivity contribution in [3.63, 3.8) is 0 Å². The largest absolute Gasteiger partial charge is 0.507 e. The van der Waals surface area contributed by atoms with Crippen molar-refractivity contribution in [1.29, 1.82) is 0 Å². The van der Waals surface area contributed by atoms with Gasteiger partial charge in [-0.1, -0.05) is 16.8 Å². The maximum absolute atomic E-state index is 12.5. The number of hydrogen-bond acceptors (Lipinski definition) is 7. The number of anilines is 1. The number of halogens is 1. The Kier molecular flexibility index (Phi) is 5.10. The number of ether oxygens (including phenoxy) is 1. The molecule has 0 aliphatic heterocycles. The number of rotatable bonds is 5. The number of aromatic carboxylic acids is 1. The van der Waals surface area contributed by atoms with Crippen LogP contribution in [0.25, 0.3) is 11.3 Å². The molecule has 0 spiro atoms. The van der Waals surface area contributed by atoms with Crippen molar-refractivity contribution in [2.45, 2.75) is 0 Å². The third kappa shape index (κ3) is 3.55. The van der Waals surface area contributed by atoms with Gasteiger partial charge in [0.2, 0.25) is 5.69 Å². The minimum absolute atomic E-state index is 0.0622. The van der Waals surface area contributed by atoms with Crippen molar-refractivity contribution < 1.29 is 34.2 Å². The first-order valence-electron chi connectivity index (χ1n) is 7.72. The van der Waals surface area contributed by atoms with Crippen molar-refractivity contribution in [2.75, 3.05) is 12.4 Å². The molecule has 0 unspecified atom stereocenters. The smallest absolute Gasteiger partial charge is 0.360 e. The number of hydrogen-bond donors (Lipinski definition) is 4. The van der Waals surface area contributed by atoms with E-state index in [0.717, 1.165) is 12.1 Å². The van der Waals surface area contributed by atoms with E-state index in [2.05, 4.69) is 10.5 Å². The van der Waals surface area contributed by atoms with E-state index in [0.29, 0.717) is 5.75 Å². The molecule has 3 aromatic rings. The molecule has 1 heterocycles. The van der Waals surface area contributed by atoms with Crippen molar-refractivity contribution in [2.24, 2.45) is 0 Å². The van der Waals surface area contributed by atoms with Gasteiger partial charge in [-0.25, -0.2) is 4.79 Å². The first-order valence-corrected chi connectivity index (χ1v) is 8.09. The zero-order valence-electron chi connectivity index (χ0n) is 14.3. The van der Waals surface area contributed by atoms with Crippen LogP contribution >= 0.6 is 11.6 Å². The molecule has 3 rings (SSSR count). The van der Waals surface area contributed by atoms with Crippen LogP contribution in [-0.2, 0) is 0 Å². The maximum Gasteiger partial charge on any atom is 0.360 e. The molecule has 1 amide bonds. The molecule has 0 saturated heterocycles. The molecule has 0 saturated carbocycles. The number of carbonyl (C=O) groups excluding carboxylic acids is 1. The molecule has 9 nitrogen and oxygen atoms in total. The number of aromatic hydroxyl groups is 2. The van der Waals surface area contributed by atoms with Gasteiger partial charge >= 0.3 is 5.97 Å². The van der Waals surface area contributed by atoms with Crippen LogP contribution in [-0.4, -0.2) is 39.5 Å². The Hall–Kier alpha value is -3.72. The van der Waals surface area contributed by atoms with E-state index in [9.17, 15) is 24.9 Å². The second-order valence-corrected chi connectivity index (χ2v) is 5.95. The fraction of sp³-hybridized carbons (Fsp3) is 0.0556. The number of methoxy groups -OCH3 is 1. The van der Waals surface area contributed by atoms with Crippen LogP contribution in [0.15, 0.2) is 40.9 Å². The van der Waals surface area contributed by atoms with Crippen molar-refractivity contribution in [1.82, 2.24) is 5.16 Å². The van der Waals surface area contributed by atoms with Crippen LogP contribution in [0.3, 0.4) is 0 Å². The summed E-state index contributed by atoms with van der Waals surface area (Å²) in [5, 5.41) is 34.7. The number of phenols is 2. The van der Waals surface area contributed by atoms with Crippen LogP contribution in [0.2, 0.25) is 5.02 Å². The number of amides is 1. The summed E-state index contributed by atoms with van der Waals surface area (Å²) in [7, 11) is 1.48. The second-order valence-electron chi connectivity index (χ2n) is 5.54. The lowest BCUT2D eigenvalue weighted by atomic mass is 10.1. The van der Waals surface area contributed by atoms with Gasteiger partial charge in [0.15, 0.2) is 5.76 Å². The molecule has 0 fully saturated rings. The van der Waals surface area contributed by atoms with Crippen LogP contribution < -0.4 is 10.1 Å². The van der Waals surface area contributed by atoms with Crippen LogP contribution in [0.4, 0.5) is 5.69 Å². The van der Waals surface area contributed by atoms with E-state index in [1.165, 1.54) is 19.2 Å². The van der Waals surface area contributed by atoms with Crippen LogP contribution in [0, 0.1) is 0 Å². The van der Waals surface area contributed by atoms with Gasteiger partial charge in [-0.3, -0.25) is 4.79 Å². The highest BCUT2D eigenvalue weighted by Gasteiger charge is 2.27. The van der Waals surface area contributed by atoms with Crippen molar-refractivity contribution in [3.05, 3.63) is 52.7 Å². The van der Waals surface area contributed by atoms with Crippen molar-refractivity contribution in [3.8, 4) is 28.6 Å². The topological polar surface area (TPSA) is 142 Å². The molecule has 28 heavy (non-hydrogen) atoms. The van der Waals surface area contributed by atoms with Crippen LogP contribution in [0.1, 0.15) is 20.8 Å². The molecule has 144 valence electrons. The molecular weight excluding hydrogens is 392 g/mol. The Morgan fingerprint density at radius 2 is 1.82 bits per heavy atom.